The molecule has 0 bridgehead atoms. The summed E-state index contributed by atoms with van der Waals surface area (Å²) in [6, 6.07) is 16.0. The second kappa shape index (κ2) is 24.1. The summed E-state index contributed by atoms with van der Waals surface area (Å²) in [6.07, 6.45) is 1.28. The van der Waals surface area contributed by atoms with Crippen molar-refractivity contribution in [2.45, 2.75) is 56.8 Å². The summed E-state index contributed by atoms with van der Waals surface area (Å²) < 4.78 is 12.8. The van der Waals surface area contributed by atoms with E-state index < -0.39 is 93.7 Å². The summed E-state index contributed by atoms with van der Waals surface area (Å²) in [5, 5.41) is 52.2. The Bertz CT molecular complexity index is 1750. The van der Waals surface area contributed by atoms with Crippen molar-refractivity contribution in [1.82, 2.24) is 25.3 Å². The van der Waals surface area contributed by atoms with E-state index in [0.717, 1.165) is 26.5 Å². The molecule has 2 aromatic carbocycles. The lowest BCUT2D eigenvalue weighted by atomic mass is 9.81. The van der Waals surface area contributed by atoms with Crippen LogP contribution in [-0.2, 0) is 44.5 Å². The predicted molar refractivity (Wildman–Crippen MR) is 214 cm³/mol. The Labute approximate surface area is 346 Å². The van der Waals surface area contributed by atoms with Gasteiger partial charge in [-0.15, -0.1) is 0 Å². The molecular formula is C39H54N5O15P. The molecule has 1 aliphatic rings. The molecule has 20 nitrogen and oxygen atoms in total. The number of carboxylic acid groups (broad SMARTS) is 5. The molecule has 9 N–H and O–H groups in total. The molecule has 1 aliphatic carbocycles. The fourth-order valence-corrected chi connectivity index (χ4v) is 8.25. The zero-order valence-corrected chi connectivity index (χ0v) is 33.9. The summed E-state index contributed by atoms with van der Waals surface area (Å²) in [5.74, 6) is -9.65. The number of aliphatic carboxylic acids is 5. The number of rotatable bonds is 27. The number of hydrogen-bond acceptors (Lipinski definition) is 11. The van der Waals surface area contributed by atoms with Crippen LogP contribution in [0.2, 0.25) is 0 Å². The minimum Gasteiger partial charge on any atom is -0.480 e. The van der Waals surface area contributed by atoms with Crippen LogP contribution in [0.5, 0.6) is 0 Å². The minimum atomic E-state index is -5.06. The molecule has 1 saturated carbocycles. The Balaban J connectivity index is 1.56. The normalized spacial score (nSPS) is 16.6. The maximum atomic E-state index is 13.1. The first-order valence-electron chi connectivity index (χ1n) is 19.4. The molecule has 0 radical (unpaired) electrons. The van der Waals surface area contributed by atoms with Crippen molar-refractivity contribution < 1.29 is 73.4 Å². The monoisotopic (exact) mass is 863 g/mol. The Morgan fingerprint density at radius 2 is 1.15 bits per heavy atom. The first-order valence-corrected chi connectivity index (χ1v) is 21.0. The highest BCUT2D eigenvalue weighted by Gasteiger charge is 2.36. The number of nitrogens with zero attached hydrogens (tertiary/aromatic N) is 3. The average molecular weight is 864 g/mol. The van der Waals surface area contributed by atoms with Gasteiger partial charge in [0.1, 0.15) is 11.8 Å². The van der Waals surface area contributed by atoms with Crippen LogP contribution >= 0.6 is 7.60 Å². The average Bonchev–Trinajstić information content (AvgIpc) is 3.16. The van der Waals surface area contributed by atoms with E-state index in [9.17, 15) is 73.4 Å². The number of carbonyl (C=O) groups excluding carboxylic acids is 2. The Morgan fingerprint density at radius 1 is 0.667 bits per heavy atom. The number of benzene rings is 2. The van der Waals surface area contributed by atoms with Gasteiger partial charge in [0, 0.05) is 51.5 Å². The van der Waals surface area contributed by atoms with Gasteiger partial charge in [-0.1, -0.05) is 54.6 Å². The highest BCUT2D eigenvalue weighted by atomic mass is 31.2. The number of hydrogen-bond donors (Lipinski definition) is 9. The first kappa shape index (κ1) is 49.1. The molecule has 60 heavy (non-hydrogen) atoms. The summed E-state index contributed by atoms with van der Waals surface area (Å²) in [6.45, 7) is -3.91. The van der Waals surface area contributed by atoms with Crippen molar-refractivity contribution in [1.29, 1.82) is 0 Å². The highest BCUT2D eigenvalue weighted by Crippen LogP contribution is 2.45. The van der Waals surface area contributed by atoms with Crippen LogP contribution in [0.1, 0.15) is 44.1 Å². The maximum Gasteiger partial charge on any atom is 0.342 e. The van der Waals surface area contributed by atoms with Crippen LogP contribution in [-0.4, -0.2) is 162 Å². The minimum absolute atomic E-state index is 0.0330. The second-order valence-corrected chi connectivity index (χ2v) is 16.6. The van der Waals surface area contributed by atoms with Crippen molar-refractivity contribution in [2.24, 2.45) is 11.8 Å². The summed E-state index contributed by atoms with van der Waals surface area (Å²) in [5.41, 5.74) is 2.74. The van der Waals surface area contributed by atoms with Gasteiger partial charge in [-0.05, 0) is 54.7 Å². The number of carbonyl (C=O) groups is 7. The van der Waals surface area contributed by atoms with Crippen LogP contribution in [0, 0.1) is 11.8 Å². The molecule has 0 aliphatic heterocycles. The Morgan fingerprint density at radius 3 is 1.60 bits per heavy atom. The Hall–Kier alpha value is -5.24. The molecule has 1 fully saturated rings. The van der Waals surface area contributed by atoms with E-state index in [4.69, 9.17) is 0 Å². The molecule has 0 spiro atoms. The Kier molecular flexibility index (Phi) is 19.8. The van der Waals surface area contributed by atoms with E-state index in [1.807, 2.05) is 54.6 Å². The molecule has 0 heterocycles. The van der Waals surface area contributed by atoms with Crippen LogP contribution in [0.4, 0.5) is 0 Å². The topological polar surface area (TPSA) is 312 Å². The maximum absolute atomic E-state index is 13.1. The standard InChI is InChI=1S/C39H54N5O15P/c45-32(14-15-33(60(57,58)59)44(18-16-42(22-34(46)47)23-35(48)49)19-17-43(24-36(50)51)25-37(52)53)40-21-27-8-12-30(13-9-27)38(54)41-31(39(55)56)20-26-6-10-29(11-7-26)28-4-2-1-3-5-28/h1-7,10-11,27,30-31,33H,8-9,12-25H2,(H,40,45)(H,41,54)(H,46,47)(H,48,49)(H,50,51)(H,52,53)(H,55,56)(H2,57,58,59)/t27-,30-,31-,33?/m0/s1. The van der Waals surface area contributed by atoms with E-state index in [2.05, 4.69) is 10.6 Å². The van der Waals surface area contributed by atoms with Crippen LogP contribution in [0.15, 0.2) is 54.6 Å². The molecule has 0 aromatic heterocycles. The molecule has 1 unspecified atom stereocenters. The van der Waals surface area contributed by atoms with Gasteiger partial charge in [-0.25, -0.2) is 4.79 Å². The fourth-order valence-electron chi connectivity index (χ4n) is 7.13. The lowest BCUT2D eigenvalue weighted by Crippen LogP contribution is -2.47. The zero-order valence-electron chi connectivity index (χ0n) is 33.0. The largest absolute Gasteiger partial charge is 0.480 e. The van der Waals surface area contributed by atoms with Crippen molar-refractivity contribution in [3.05, 3.63) is 60.2 Å². The number of amides is 2. The summed E-state index contributed by atoms with van der Waals surface area (Å²) in [7, 11) is -5.06. The van der Waals surface area contributed by atoms with E-state index in [-0.39, 0.29) is 57.4 Å². The van der Waals surface area contributed by atoms with Gasteiger partial charge in [-0.3, -0.25) is 48.0 Å². The predicted octanol–water partition coefficient (Wildman–Crippen LogP) is 0.917. The van der Waals surface area contributed by atoms with Gasteiger partial charge < -0.3 is 46.0 Å². The molecule has 2 atom stereocenters. The van der Waals surface area contributed by atoms with E-state index in [1.54, 1.807) is 0 Å². The molecular weight excluding hydrogens is 809 g/mol. The summed E-state index contributed by atoms with van der Waals surface area (Å²) in [4.78, 5) is 107. The second-order valence-electron chi connectivity index (χ2n) is 14.8. The molecule has 0 saturated heterocycles. The highest BCUT2D eigenvalue weighted by molar-refractivity contribution is 7.52. The van der Waals surface area contributed by atoms with Crippen LogP contribution in [0.3, 0.4) is 0 Å². The zero-order chi connectivity index (χ0) is 44.4. The van der Waals surface area contributed by atoms with E-state index in [0.29, 0.717) is 25.7 Å². The van der Waals surface area contributed by atoms with Gasteiger partial charge >= 0.3 is 37.4 Å². The van der Waals surface area contributed by atoms with Gasteiger partial charge in [0.15, 0.2) is 0 Å². The smallest absolute Gasteiger partial charge is 0.342 e. The number of carboxylic acids is 5. The fraction of sp³-hybridized carbons (Fsp3) is 0.513. The molecule has 2 aromatic rings. The van der Waals surface area contributed by atoms with Gasteiger partial charge in [-0.2, -0.15) is 0 Å². The first-order chi connectivity index (χ1) is 28.3. The van der Waals surface area contributed by atoms with E-state index >= 15 is 0 Å². The van der Waals surface area contributed by atoms with Crippen molar-refractivity contribution >= 4 is 49.3 Å². The van der Waals surface area contributed by atoms with Crippen molar-refractivity contribution in [3.63, 3.8) is 0 Å². The lowest BCUT2D eigenvalue weighted by Gasteiger charge is -2.34. The molecule has 3 rings (SSSR count). The van der Waals surface area contributed by atoms with Crippen LogP contribution in [0.25, 0.3) is 11.1 Å². The quantitative estimate of drug-likeness (QED) is 0.0564. The third-order valence-corrected chi connectivity index (χ3v) is 11.6. The molecule has 2 amide bonds. The van der Waals surface area contributed by atoms with Crippen molar-refractivity contribution in [3.8, 4) is 11.1 Å². The molecule has 21 heteroatoms. The summed E-state index contributed by atoms with van der Waals surface area (Å²) >= 11 is 0. The molecule has 330 valence electrons. The third-order valence-electron chi connectivity index (χ3n) is 10.2. The van der Waals surface area contributed by atoms with Crippen LogP contribution < -0.4 is 10.6 Å². The van der Waals surface area contributed by atoms with Gasteiger partial charge in [0.2, 0.25) is 11.8 Å². The van der Waals surface area contributed by atoms with Crippen molar-refractivity contribution in [2.75, 3.05) is 58.9 Å². The van der Waals surface area contributed by atoms with E-state index in [1.165, 1.54) is 4.90 Å². The lowest BCUT2D eigenvalue weighted by molar-refractivity contribution is -0.143. The number of nitrogens with one attached hydrogen (secondary N) is 2. The SMILES string of the molecule is O=C(O)CN(CCN(CCN(CC(=O)O)CC(=O)O)C(CCC(=O)NC[C@H]1CC[C@H](C(=O)N[C@@H](Cc2ccc(-c3ccccc3)cc2)C(=O)O)CC1)P(=O)(O)O)CC(=O)O. The van der Waals surface area contributed by atoms with Gasteiger partial charge in [0.05, 0.1) is 26.2 Å². The van der Waals surface area contributed by atoms with Gasteiger partial charge in [0.25, 0.3) is 0 Å². The third kappa shape index (κ3) is 17.9.